The summed E-state index contributed by atoms with van der Waals surface area (Å²) in [7, 11) is 0. The van der Waals surface area contributed by atoms with Gasteiger partial charge in [-0.05, 0) is 31.5 Å². The van der Waals surface area contributed by atoms with Crippen LogP contribution in [-0.2, 0) is 11.3 Å². The molecule has 5 nitrogen and oxygen atoms in total. The van der Waals surface area contributed by atoms with Crippen LogP contribution in [0.2, 0.25) is 0 Å². The van der Waals surface area contributed by atoms with Crippen molar-refractivity contribution in [3.05, 3.63) is 35.9 Å². The van der Waals surface area contributed by atoms with E-state index in [1.807, 2.05) is 30.3 Å². The van der Waals surface area contributed by atoms with Crippen LogP contribution >= 0.6 is 0 Å². The molecule has 0 bridgehead atoms. The minimum Gasteiger partial charge on any atom is -0.334 e. The van der Waals surface area contributed by atoms with E-state index in [1.165, 1.54) is 0 Å². The predicted octanol–water partition coefficient (Wildman–Crippen LogP) is 1.11. The molecule has 0 aromatic heterocycles. The highest BCUT2D eigenvalue weighted by Gasteiger charge is 2.16. The van der Waals surface area contributed by atoms with Crippen LogP contribution in [0.5, 0.6) is 0 Å². The van der Waals surface area contributed by atoms with E-state index in [-0.39, 0.29) is 5.91 Å². The molecule has 19 heavy (non-hydrogen) atoms. The molecule has 1 aromatic rings. The second-order valence-corrected chi connectivity index (χ2v) is 4.70. The van der Waals surface area contributed by atoms with Crippen LogP contribution in [0, 0.1) is 0 Å². The van der Waals surface area contributed by atoms with Crippen LogP contribution in [0.3, 0.4) is 0 Å². The molecule has 0 atom stereocenters. The van der Waals surface area contributed by atoms with Gasteiger partial charge in [-0.3, -0.25) is 15.0 Å². The first-order chi connectivity index (χ1) is 9.24. The second kappa shape index (κ2) is 6.89. The van der Waals surface area contributed by atoms with Crippen molar-refractivity contribution in [3.63, 3.8) is 0 Å². The van der Waals surface area contributed by atoms with Gasteiger partial charge >= 0.3 is 6.03 Å². The summed E-state index contributed by atoms with van der Waals surface area (Å²) in [6.07, 6.45) is 2.26. The van der Waals surface area contributed by atoms with Gasteiger partial charge < -0.3 is 5.32 Å². The summed E-state index contributed by atoms with van der Waals surface area (Å²) in [4.78, 5) is 25.2. The molecule has 0 saturated carbocycles. The molecule has 0 radical (unpaired) electrons. The molecule has 102 valence electrons. The number of likely N-dealkylation sites (tertiary alicyclic amines) is 1. The Hall–Kier alpha value is -1.88. The number of imide groups is 1. The number of nitrogens with zero attached hydrogens (tertiary/aromatic N) is 1. The van der Waals surface area contributed by atoms with Gasteiger partial charge in [0.15, 0.2) is 0 Å². The highest BCUT2D eigenvalue weighted by Crippen LogP contribution is 2.05. The van der Waals surface area contributed by atoms with E-state index in [2.05, 4.69) is 15.5 Å². The molecule has 1 aromatic carbocycles. The lowest BCUT2D eigenvalue weighted by Gasteiger charge is -2.13. The molecule has 0 spiro atoms. The molecular weight excluding hydrogens is 242 g/mol. The topological polar surface area (TPSA) is 61.4 Å². The summed E-state index contributed by atoms with van der Waals surface area (Å²) in [5.41, 5.74) is 1.00. The van der Waals surface area contributed by atoms with Gasteiger partial charge in [0, 0.05) is 6.54 Å². The number of amides is 3. The quantitative estimate of drug-likeness (QED) is 0.853. The zero-order chi connectivity index (χ0) is 13.5. The van der Waals surface area contributed by atoms with Crippen molar-refractivity contribution < 1.29 is 9.59 Å². The molecule has 1 aliphatic heterocycles. The molecule has 1 aliphatic rings. The minimum atomic E-state index is -0.437. The van der Waals surface area contributed by atoms with E-state index in [4.69, 9.17) is 0 Å². The first-order valence-electron chi connectivity index (χ1n) is 6.58. The molecular formula is C14H19N3O2. The summed E-state index contributed by atoms with van der Waals surface area (Å²) in [6, 6.07) is 9.15. The van der Waals surface area contributed by atoms with Gasteiger partial charge in [-0.2, -0.15) is 0 Å². The Morgan fingerprint density at radius 2 is 1.79 bits per heavy atom. The van der Waals surface area contributed by atoms with Gasteiger partial charge in [-0.25, -0.2) is 4.79 Å². The number of hydrogen-bond donors (Lipinski definition) is 2. The van der Waals surface area contributed by atoms with Gasteiger partial charge in [0.05, 0.1) is 6.54 Å². The van der Waals surface area contributed by atoms with E-state index < -0.39 is 6.03 Å². The number of carbonyl (C=O) groups is 2. The Kier molecular flexibility index (Phi) is 4.92. The highest BCUT2D eigenvalue weighted by molar-refractivity contribution is 5.95. The number of carbonyl (C=O) groups excluding carboxylic acids is 2. The van der Waals surface area contributed by atoms with Crippen molar-refractivity contribution in [1.82, 2.24) is 15.5 Å². The summed E-state index contributed by atoms with van der Waals surface area (Å²) in [6.45, 7) is 2.61. The van der Waals surface area contributed by atoms with E-state index in [9.17, 15) is 9.59 Å². The number of urea groups is 1. The van der Waals surface area contributed by atoms with E-state index in [0.29, 0.717) is 13.1 Å². The molecule has 5 heteroatoms. The van der Waals surface area contributed by atoms with Crippen LogP contribution in [0.4, 0.5) is 4.79 Å². The van der Waals surface area contributed by atoms with Crippen molar-refractivity contribution in [2.75, 3.05) is 19.6 Å². The fourth-order valence-corrected chi connectivity index (χ4v) is 2.13. The van der Waals surface area contributed by atoms with Crippen LogP contribution < -0.4 is 10.6 Å². The lowest BCUT2D eigenvalue weighted by atomic mass is 10.2. The van der Waals surface area contributed by atoms with Crippen molar-refractivity contribution in [3.8, 4) is 0 Å². The third kappa shape index (κ3) is 4.71. The molecule has 2 rings (SSSR count). The zero-order valence-electron chi connectivity index (χ0n) is 10.9. The normalized spacial score (nSPS) is 15.2. The van der Waals surface area contributed by atoms with Crippen molar-refractivity contribution in [2.45, 2.75) is 19.4 Å². The Labute approximate surface area is 113 Å². The van der Waals surface area contributed by atoms with Gasteiger partial charge in [0.25, 0.3) is 0 Å². The summed E-state index contributed by atoms with van der Waals surface area (Å²) in [5.74, 6) is -0.243. The number of nitrogens with one attached hydrogen (secondary N) is 2. The Bertz CT molecular complexity index is 428. The molecule has 1 fully saturated rings. The maximum atomic E-state index is 11.6. The Balaban J connectivity index is 1.67. The number of rotatable bonds is 4. The zero-order valence-corrected chi connectivity index (χ0v) is 10.9. The molecule has 0 aliphatic carbocycles. The Morgan fingerprint density at radius 3 is 2.47 bits per heavy atom. The molecule has 3 amide bonds. The first-order valence-corrected chi connectivity index (χ1v) is 6.58. The average Bonchev–Trinajstić information content (AvgIpc) is 2.90. The summed E-state index contributed by atoms with van der Waals surface area (Å²) >= 11 is 0. The largest absolute Gasteiger partial charge is 0.334 e. The Morgan fingerprint density at radius 1 is 1.11 bits per heavy atom. The van der Waals surface area contributed by atoms with E-state index >= 15 is 0 Å². The maximum absolute atomic E-state index is 11.6. The standard InChI is InChI=1S/C14H19N3O2/c18-13(11-17-8-4-5-9-17)16-14(19)15-10-12-6-2-1-3-7-12/h1-3,6-7H,4-5,8-11H2,(H2,15,16,18,19). The smallest absolute Gasteiger partial charge is 0.321 e. The predicted molar refractivity (Wildman–Crippen MR) is 72.5 cm³/mol. The number of benzene rings is 1. The molecule has 0 unspecified atom stereocenters. The first kappa shape index (κ1) is 13.5. The van der Waals surface area contributed by atoms with Gasteiger partial charge in [-0.15, -0.1) is 0 Å². The molecule has 1 saturated heterocycles. The summed E-state index contributed by atoms with van der Waals surface area (Å²) < 4.78 is 0. The van der Waals surface area contributed by atoms with Gasteiger partial charge in [0.2, 0.25) is 5.91 Å². The molecule has 1 heterocycles. The average molecular weight is 261 g/mol. The van der Waals surface area contributed by atoms with Crippen LogP contribution in [0.15, 0.2) is 30.3 Å². The van der Waals surface area contributed by atoms with Crippen LogP contribution in [0.1, 0.15) is 18.4 Å². The van der Waals surface area contributed by atoms with Crippen molar-refractivity contribution in [2.24, 2.45) is 0 Å². The van der Waals surface area contributed by atoms with E-state index in [1.54, 1.807) is 0 Å². The van der Waals surface area contributed by atoms with Crippen molar-refractivity contribution >= 4 is 11.9 Å². The monoisotopic (exact) mass is 261 g/mol. The minimum absolute atomic E-state index is 0.243. The van der Waals surface area contributed by atoms with Gasteiger partial charge in [0.1, 0.15) is 0 Å². The lowest BCUT2D eigenvalue weighted by molar-refractivity contribution is -0.120. The summed E-state index contributed by atoms with van der Waals surface area (Å²) in [5, 5.41) is 5.01. The SMILES string of the molecule is O=C(CN1CCCC1)NC(=O)NCc1ccccc1. The van der Waals surface area contributed by atoms with E-state index in [0.717, 1.165) is 31.5 Å². The number of hydrogen-bond acceptors (Lipinski definition) is 3. The lowest BCUT2D eigenvalue weighted by Crippen LogP contribution is -2.43. The molecule has 2 N–H and O–H groups in total. The van der Waals surface area contributed by atoms with Crippen LogP contribution in [0.25, 0.3) is 0 Å². The van der Waals surface area contributed by atoms with Gasteiger partial charge in [-0.1, -0.05) is 30.3 Å². The fraction of sp³-hybridized carbons (Fsp3) is 0.429. The third-order valence-corrected chi connectivity index (χ3v) is 3.11. The van der Waals surface area contributed by atoms with Crippen LogP contribution in [-0.4, -0.2) is 36.5 Å². The maximum Gasteiger partial charge on any atom is 0.321 e. The van der Waals surface area contributed by atoms with Crippen molar-refractivity contribution in [1.29, 1.82) is 0 Å². The fourth-order valence-electron chi connectivity index (χ4n) is 2.13. The highest BCUT2D eigenvalue weighted by atomic mass is 16.2. The second-order valence-electron chi connectivity index (χ2n) is 4.70. The third-order valence-electron chi connectivity index (χ3n) is 3.11.